The van der Waals surface area contributed by atoms with Gasteiger partial charge in [0.25, 0.3) is 5.91 Å². The molecule has 1 aliphatic rings. The largest absolute Gasteiger partial charge is 0.452 e. The zero-order valence-electron chi connectivity index (χ0n) is 15.5. The van der Waals surface area contributed by atoms with Crippen LogP contribution in [0.3, 0.4) is 0 Å². The van der Waals surface area contributed by atoms with E-state index in [1.165, 1.54) is 17.5 Å². The Morgan fingerprint density at radius 1 is 1.04 bits per heavy atom. The second kappa shape index (κ2) is 8.17. The fourth-order valence-electron chi connectivity index (χ4n) is 3.31. The maximum Gasteiger partial charge on any atom is 0.338 e. The second-order valence-electron chi connectivity index (χ2n) is 6.94. The van der Waals surface area contributed by atoms with Gasteiger partial charge in [-0.05, 0) is 67.0 Å². The highest BCUT2D eigenvalue weighted by atomic mass is 16.5. The summed E-state index contributed by atoms with van der Waals surface area (Å²) < 4.78 is 5.24. The molecule has 0 aromatic heterocycles. The highest BCUT2D eigenvalue weighted by molar-refractivity contribution is 5.91. The van der Waals surface area contributed by atoms with E-state index in [4.69, 9.17) is 4.74 Å². The summed E-state index contributed by atoms with van der Waals surface area (Å²) in [5.41, 5.74) is 5.30. The number of carbonyl (C=O) groups excluding carboxylic acids is 2. The summed E-state index contributed by atoms with van der Waals surface area (Å²) in [5, 5.41) is 0. The van der Waals surface area contributed by atoms with Crippen LogP contribution in [0.2, 0.25) is 0 Å². The maximum atomic E-state index is 12.3. The molecule has 0 spiro atoms. The van der Waals surface area contributed by atoms with Crippen LogP contribution in [0.25, 0.3) is 0 Å². The molecule has 0 unspecified atom stereocenters. The monoisotopic (exact) mass is 351 g/mol. The number of likely N-dealkylation sites (N-methyl/N-ethyl adjacent to an activating group) is 1. The van der Waals surface area contributed by atoms with Crippen LogP contribution in [-0.2, 0) is 28.9 Å². The lowest BCUT2D eigenvalue weighted by atomic mass is 9.90. The van der Waals surface area contributed by atoms with Crippen molar-refractivity contribution in [1.82, 2.24) is 4.90 Å². The number of rotatable bonds is 5. The molecule has 4 heteroatoms. The fourth-order valence-corrected chi connectivity index (χ4v) is 3.31. The van der Waals surface area contributed by atoms with Gasteiger partial charge < -0.3 is 9.64 Å². The molecule has 4 nitrogen and oxygen atoms in total. The van der Waals surface area contributed by atoms with Crippen LogP contribution in [0.1, 0.15) is 45.5 Å². The average Bonchev–Trinajstić information content (AvgIpc) is 2.67. The smallest absolute Gasteiger partial charge is 0.338 e. The molecule has 1 amide bonds. The average molecular weight is 351 g/mol. The van der Waals surface area contributed by atoms with Crippen molar-refractivity contribution in [2.24, 2.45) is 0 Å². The van der Waals surface area contributed by atoms with Crippen molar-refractivity contribution >= 4 is 11.9 Å². The number of nitrogens with zero attached hydrogens (tertiary/aromatic N) is 1. The molecule has 0 N–H and O–H groups in total. The third-order valence-corrected chi connectivity index (χ3v) is 5.01. The summed E-state index contributed by atoms with van der Waals surface area (Å²) in [6, 6.07) is 13.7. The van der Waals surface area contributed by atoms with Crippen molar-refractivity contribution < 1.29 is 14.3 Å². The molecule has 0 heterocycles. The van der Waals surface area contributed by atoms with E-state index < -0.39 is 5.97 Å². The summed E-state index contributed by atoms with van der Waals surface area (Å²) in [4.78, 5) is 26.1. The van der Waals surface area contributed by atoms with Crippen LogP contribution in [0.5, 0.6) is 0 Å². The number of esters is 1. The SMILES string of the molecule is Cc1ccccc1CN(C)C(=O)COC(=O)c1ccc2c(c1)CCCC2. The van der Waals surface area contributed by atoms with E-state index in [9.17, 15) is 9.59 Å². The molecule has 0 saturated heterocycles. The summed E-state index contributed by atoms with van der Waals surface area (Å²) >= 11 is 0. The Morgan fingerprint density at radius 2 is 1.77 bits per heavy atom. The van der Waals surface area contributed by atoms with Gasteiger partial charge in [-0.3, -0.25) is 4.79 Å². The predicted molar refractivity (Wildman–Crippen MR) is 101 cm³/mol. The summed E-state index contributed by atoms with van der Waals surface area (Å²) in [5.74, 6) is -0.643. The molecule has 0 saturated carbocycles. The van der Waals surface area contributed by atoms with E-state index >= 15 is 0 Å². The van der Waals surface area contributed by atoms with E-state index in [2.05, 4.69) is 0 Å². The Kier molecular flexibility index (Phi) is 5.71. The van der Waals surface area contributed by atoms with Crippen LogP contribution in [0, 0.1) is 6.92 Å². The third-order valence-electron chi connectivity index (χ3n) is 5.01. The first-order valence-electron chi connectivity index (χ1n) is 9.12. The number of aryl methyl sites for hydroxylation is 3. The summed E-state index contributed by atoms with van der Waals surface area (Å²) in [6.07, 6.45) is 4.45. The first-order chi connectivity index (χ1) is 12.5. The van der Waals surface area contributed by atoms with Crippen LogP contribution in [0.4, 0.5) is 0 Å². The lowest BCUT2D eigenvalue weighted by molar-refractivity contribution is -0.133. The lowest BCUT2D eigenvalue weighted by Gasteiger charge is -2.19. The van der Waals surface area contributed by atoms with Gasteiger partial charge in [-0.2, -0.15) is 0 Å². The van der Waals surface area contributed by atoms with Gasteiger partial charge in [0, 0.05) is 13.6 Å². The normalized spacial score (nSPS) is 13.0. The number of carbonyl (C=O) groups is 2. The van der Waals surface area contributed by atoms with E-state index in [1.54, 1.807) is 18.0 Å². The van der Waals surface area contributed by atoms with Gasteiger partial charge in [0.05, 0.1) is 5.56 Å². The van der Waals surface area contributed by atoms with E-state index in [1.807, 2.05) is 43.3 Å². The number of amides is 1. The highest BCUT2D eigenvalue weighted by Gasteiger charge is 2.16. The Balaban J connectivity index is 1.55. The molecule has 2 aromatic carbocycles. The van der Waals surface area contributed by atoms with Crippen molar-refractivity contribution in [2.75, 3.05) is 13.7 Å². The van der Waals surface area contributed by atoms with Crippen molar-refractivity contribution in [3.8, 4) is 0 Å². The van der Waals surface area contributed by atoms with E-state index in [-0.39, 0.29) is 12.5 Å². The molecule has 136 valence electrons. The predicted octanol–water partition coefficient (Wildman–Crippen LogP) is 3.69. The molecular formula is C22H25NO3. The molecule has 0 bridgehead atoms. The molecule has 0 aliphatic heterocycles. The van der Waals surface area contributed by atoms with Gasteiger partial charge in [-0.15, -0.1) is 0 Å². The molecule has 26 heavy (non-hydrogen) atoms. The Bertz CT molecular complexity index is 813. The Morgan fingerprint density at radius 3 is 2.54 bits per heavy atom. The van der Waals surface area contributed by atoms with Gasteiger partial charge in [0.15, 0.2) is 6.61 Å². The zero-order valence-corrected chi connectivity index (χ0v) is 15.5. The molecule has 1 aliphatic carbocycles. The first-order valence-corrected chi connectivity index (χ1v) is 9.12. The van der Waals surface area contributed by atoms with Crippen molar-refractivity contribution in [1.29, 1.82) is 0 Å². The van der Waals surface area contributed by atoms with Crippen LogP contribution < -0.4 is 0 Å². The fraction of sp³-hybridized carbons (Fsp3) is 0.364. The quantitative estimate of drug-likeness (QED) is 0.772. The van der Waals surface area contributed by atoms with Crippen molar-refractivity contribution in [3.63, 3.8) is 0 Å². The molecule has 0 fully saturated rings. The zero-order chi connectivity index (χ0) is 18.5. The topological polar surface area (TPSA) is 46.6 Å². The Labute approximate surface area is 154 Å². The van der Waals surface area contributed by atoms with Crippen LogP contribution >= 0.6 is 0 Å². The van der Waals surface area contributed by atoms with Gasteiger partial charge in [-0.25, -0.2) is 4.79 Å². The minimum atomic E-state index is -0.434. The van der Waals surface area contributed by atoms with Gasteiger partial charge in [0.1, 0.15) is 0 Å². The minimum Gasteiger partial charge on any atom is -0.452 e. The summed E-state index contributed by atoms with van der Waals surface area (Å²) in [7, 11) is 1.72. The number of fused-ring (bicyclic) bond motifs is 1. The van der Waals surface area contributed by atoms with E-state index in [0.29, 0.717) is 12.1 Å². The molecular weight excluding hydrogens is 326 g/mol. The Hall–Kier alpha value is -2.62. The van der Waals surface area contributed by atoms with Gasteiger partial charge in [-0.1, -0.05) is 30.3 Å². The maximum absolute atomic E-state index is 12.3. The standard InChI is InChI=1S/C22H25NO3/c1-16-7-3-4-10-20(16)14-23(2)21(24)15-26-22(25)19-12-11-17-8-5-6-9-18(17)13-19/h3-4,7,10-13H,5-6,8-9,14-15H2,1-2H3. The number of hydrogen-bond acceptors (Lipinski definition) is 3. The molecule has 0 radical (unpaired) electrons. The van der Waals surface area contributed by atoms with Crippen LogP contribution in [-0.4, -0.2) is 30.4 Å². The number of benzene rings is 2. The second-order valence-corrected chi connectivity index (χ2v) is 6.94. The van der Waals surface area contributed by atoms with Crippen molar-refractivity contribution in [2.45, 2.75) is 39.2 Å². The first kappa shape index (κ1) is 18.2. The van der Waals surface area contributed by atoms with E-state index in [0.717, 1.165) is 30.4 Å². The number of ether oxygens (including phenoxy) is 1. The molecule has 2 aromatic rings. The molecule has 3 rings (SSSR count). The third kappa shape index (κ3) is 4.31. The highest BCUT2D eigenvalue weighted by Crippen LogP contribution is 2.22. The van der Waals surface area contributed by atoms with Gasteiger partial charge in [0.2, 0.25) is 0 Å². The summed E-state index contributed by atoms with van der Waals surface area (Å²) in [6.45, 7) is 2.28. The lowest BCUT2D eigenvalue weighted by Crippen LogP contribution is -2.31. The van der Waals surface area contributed by atoms with Crippen LogP contribution in [0.15, 0.2) is 42.5 Å². The van der Waals surface area contributed by atoms with Gasteiger partial charge >= 0.3 is 5.97 Å². The molecule has 0 atom stereocenters. The minimum absolute atomic E-state index is 0.209. The van der Waals surface area contributed by atoms with Crippen molar-refractivity contribution in [3.05, 3.63) is 70.3 Å². The number of hydrogen-bond donors (Lipinski definition) is 0.